The Kier molecular flexibility index (Phi) is 3.81. The Labute approximate surface area is 120 Å². The molecule has 0 aliphatic rings. The lowest BCUT2D eigenvalue weighted by atomic mass is 10.1. The number of hydrogen-bond donors (Lipinski definition) is 2. The van der Waals surface area contributed by atoms with Crippen molar-refractivity contribution in [1.29, 1.82) is 0 Å². The number of benzene rings is 2. The van der Waals surface area contributed by atoms with Gasteiger partial charge in [-0.2, -0.15) is 0 Å². The summed E-state index contributed by atoms with van der Waals surface area (Å²) in [4.78, 5) is 12.1. The standard InChI is InChI=1S/C15H17NO3S/c1-15(2,3)20(19)16-14(18)12-8-10-6-4-5-7-11(10)9-13(12)17/h4-9,17H,1-3H3,(H,16,18). The summed E-state index contributed by atoms with van der Waals surface area (Å²) in [6.07, 6.45) is 0. The highest BCUT2D eigenvalue weighted by Crippen LogP contribution is 2.25. The van der Waals surface area contributed by atoms with Gasteiger partial charge in [-0.1, -0.05) is 24.3 Å². The number of fused-ring (bicyclic) bond motifs is 1. The van der Waals surface area contributed by atoms with E-state index in [1.165, 1.54) is 6.07 Å². The van der Waals surface area contributed by atoms with Crippen molar-refractivity contribution in [3.8, 4) is 5.75 Å². The van der Waals surface area contributed by atoms with E-state index >= 15 is 0 Å². The quantitative estimate of drug-likeness (QED) is 0.894. The fraction of sp³-hybridized carbons (Fsp3) is 0.267. The van der Waals surface area contributed by atoms with Crippen molar-refractivity contribution in [2.75, 3.05) is 0 Å². The highest BCUT2D eigenvalue weighted by molar-refractivity contribution is 7.85. The van der Waals surface area contributed by atoms with E-state index in [2.05, 4.69) is 4.72 Å². The van der Waals surface area contributed by atoms with E-state index in [0.717, 1.165) is 10.8 Å². The fourth-order valence-corrected chi connectivity index (χ4v) is 2.29. The summed E-state index contributed by atoms with van der Waals surface area (Å²) in [7, 11) is -1.52. The third-order valence-corrected chi connectivity index (χ3v) is 4.33. The molecule has 0 aliphatic heterocycles. The van der Waals surface area contributed by atoms with Crippen LogP contribution in [0.3, 0.4) is 0 Å². The molecular weight excluding hydrogens is 274 g/mol. The molecule has 0 bridgehead atoms. The molecule has 2 N–H and O–H groups in total. The number of hydrogen-bond acceptors (Lipinski definition) is 3. The Bertz CT molecular complexity index is 689. The first kappa shape index (κ1) is 14.5. The van der Waals surface area contributed by atoms with Gasteiger partial charge in [0.25, 0.3) is 5.91 Å². The molecule has 106 valence electrons. The van der Waals surface area contributed by atoms with Crippen LogP contribution in [-0.2, 0) is 11.0 Å². The van der Waals surface area contributed by atoms with Gasteiger partial charge in [-0.15, -0.1) is 0 Å². The van der Waals surface area contributed by atoms with Crippen LogP contribution in [0.5, 0.6) is 5.75 Å². The predicted octanol–water partition coefficient (Wildman–Crippen LogP) is 2.74. The summed E-state index contributed by atoms with van der Waals surface area (Å²) in [5.74, 6) is -0.659. The normalized spacial score (nSPS) is 13.2. The third-order valence-electron chi connectivity index (χ3n) is 2.85. The first-order valence-electron chi connectivity index (χ1n) is 6.23. The summed E-state index contributed by atoms with van der Waals surface area (Å²) >= 11 is 0. The maximum Gasteiger partial charge on any atom is 0.266 e. The number of rotatable bonds is 2. The zero-order valence-corrected chi connectivity index (χ0v) is 12.5. The van der Waals surface area contributed by atoms with E-state index in [9.17, 15) is 14.1 Å². The van der Waals surface area contributed by atoms with Crippen molar-refractivity contribution < 1.29 is 14.1 Å². The predicted molar refractivity (Wildman–Crippen MR) is 81.0 cm³/mol. The first-order valence-corrected chi connectivity index (χ1v) is 7.38. The number of carbonyl (C=O) groups excluding carboxylic acids is 1. The van der Waals surface area contributed by atoms with Crippen molar-refractivity contribution >= 4 is 27.7 Å². The van der Waals surface area contributed by atoms with E-state index < -0.39 is 21.6 Å². The molecule has 2 aromatic rings. The Morgan fingerprint density at radius 3 is 2.25 bits per heavy atom. The topological polar surface area (TPSA) is 66.4 Å². The van der Waals surface area contributed by atoms with Crippen LogP contribution in [0, 0.1) is 0 Å². The molecule has 0 radical (unpaired) electrons. The molecule has 1 unspecified atom stereocenters. The number of nitrogens with one attached hydrogen (secondary N) is 1. The maximum absolute atomic E-state index is 12.1. The number of aromatic hydroxyl groups is 1. The number of amides is 1. The SMILES string of the molecule is CC(C)(C)S(=O)NC(=O)c1cc2ccccc2cc1O. The highest BCUT2D eigenvalue weighted by atomic mass is 32.2. The van der Waals surface area contributed by atoms with E-state index in [-0.39, 0.29) is 11.3 Å². The monoisotopic (exact) mass is 291 g/mol. The summed E-state index contributed by atoms with van der Waals surface area (Å²) in [5.41, 5.74) is 0.126. The van der Waals surface area contributed by atoms with Crippen LogP contribution in [0.2, 0.25) is 0 Å². The van der Waals surface area contributed by atoms with Crippen LogP contribution in [0.1, 0.15) is 31.1 Å². The van der Waals surface area contributed by atoms with Crippen LogP contribution >= 0.6 is 0 Å². The van der Waals surface area contributed by atoms with Crippen LogP contribution < -0.4 is 4.72 Å². The first-order chi connectivity index (χ1) is 9.29. The molecule has 1 atom stereocenters. The van der Waals surface area contributed by atoms with Gasteiger partial charge in [0, 0.05) is 0 Å². The van der Waals surface area contributed by atoms with E-state index in [1.807, 2.05) is 24.3 Å². The molecule has 2 rings (SSSR count). The minimum absolute atomic E-state index is 0.118. The Balaban J connectivity index is 2.35. The second-order valence-electron chi connectivity index (χ2n) is 5.53. The van der Waals surface area contributed by atoms with Gasteiger partial charge in [-0.3, -0.25) is 9.52 Å². The molecule has 0 saturated heterocycles. The fourth-order valence-electron chi connectivity index (χ4n) is 1.70. The number of phenolic OH excluding ortho intramolecular Hbond substituents is 1. The Hall–Kier alpha value is -1.88. The molecule has 0 heterocycles. The summed E-state index contributed by atoms with van der Waals surface area (Å²) in [5, 5.41) is 11.6. The zero-order chi connectivity index (χ0) is 14.9. The summed E-state index contributed by atoms with van der Waals surface area (Å²) in [6.45, 7) is 5.30. The molecule has 1 amide bonds. The van der Waals surface area contributed by atoms with Crippen molar-refractivity contribution in [1.82, 2.24) is 4.72 Å². The van der Waals surface area contributed by atoms with E-state index in [1.54, 1.807) is 26.8 Å². The lowest BCUT2D eigenvalue weighted by Crippen LogP contribution is -2.37. The molecule has 0 fully saturated rings. The van der Waals surface area contributed by atoms with Gasteiger partial charge in [0.05, 0.1) is 10.3 Å². The van der Waals surface area contributed by atoms with Gasteiger partial charge in [0.2, 0.25) is 0 Å². The van der Waals surface area contributed by atoms with Crippen LogP contribution in [0.4, 0.5) is 0 Å². The molecule has 0 saturated carbocycles. The Morgan fingerprint density at radius 2 is 1.70 bits per heavy atom. The van der Waals surface area contributed by atoms with Crippen molar-refractivity contribution in [3.05, 3.63) is 42.0 Å². The molecule has 0 aromatic heterocycles. The van der Waals surface area contributed by atoms with Gasteiger partial charge in [0.1, 0.15) is 16.7 Å². The second-order valence-corrected chi connectivity index (χ2v) is 7.50. The minimum Gasteiger partial charge on any atom is -0.507 e. The largest absolute Gasteiger partial charge is 0.507 e. The lowest BCUT2D eigenvalue weighted by molar-refractivity contribution is 0.0980. The molecule has 20 heavy (non-hydrogen) atoms. The van der Waals surface area contributed by atoms with Gasteiger partial charge < -0.3 is 5.11 Å². The van der Waals surface area contributed by atoms with E-state index in [0.29, 0.717) is 0 Å². The van der Waals surface area contributed by atoms with Crippen LogP contribution in [0.25, 0.3) is 10.8 Å². The molecule has 5 heteroatoms. The van der Waals surface area contributed by atoms with Gasteiger partial charge >= 0.3 is 0 Å². The van der Waals surface area contributed by atoms with Crippen LogP contribution in [0.15, 0.2) is 36.4 Å². The van der Waals surface area contributed by atoms with Crippen LogP contribution in [-0.4, -0.2) is 20.0 Å². The minimum atomic E-state index is -1.52. The smallest absolute Gasteiger partial charge is 0.266 e. The molecule has 4 nitrogen and oxygen atoms in total. The average molecular weight is 291 g/mol. The maximum atomic E-state index is 12.1. The number of carbonyl (C=O) groups is 1. The molecular formula is C15H17NO3S. The second kappa shape index (κ2) is 5.25. The molecule has 0 spiro atoms. The lowest BCUT2D eigenvalue weighted by Gasteiger charge is -2.18. The molecule has 0 aliphatic carbocycles. The summed E-state index contributed by atoms with van der Waals surface area (Å²) < 4.78 is 13.8. The van der Waals surface area contributed by atoms with Gasteiger partial charge in [-0.25, -0.2) is 4.21 Å². The number of phenols is 1. The average Bonchev–Trinajstić information content (AvgIpc) is 2.36. The van der Waals surface area contributed by atoms with Gasteiger partial charge in [0.15, 0.2) is 0 Å². The van der Waals surface area contributed by atoms with Gasteiger partial charge in [-0.05, 0) is 43.7 Å². The zero-order valence-electron chi connectivity index (χ0n) is 11.6. The highest BCUT2D eigenvalue weighted by Gasteiger charge is 2.23. The van der Waals surface area contributed by atoms with Crippen molar-refractivity contribution in [2.24, 2.45) is 0 Å². The third kappa shape index (κ3) is 2.99. The Morgan fingerprint density at radius 1 is 1.15 bits per heavy atom. The summed E-state index contributed by atoms with van der Waals surface area (Å²) in [6, 6.07) is 10.5. The molecule has 2 aromatic carbocycles. The van der Waals surface area contributed by atoms with Crippen molar-refractivity contribution in [3.63, 3.8) is 0 Å². The van der Waals surface area contributed by atoms with E-state index in [4.69, 9.17) is 0 Å². The van der Waals surface area contributed by atoms with Crippen molar-refractivity contribution in [2.45, 2.75) is 25.5 Å².